The van der Waals surface area contributed by atoms with Crippen LogP contribution in [0.1, 0.15) is 27.5 Å². The maximum atomic E-state index is 13.1. The van der Waals surface area contributed by atoms with Gasteiger partial charge in [-0.3, -0.25) is 9.69 Å². The molecule has 1 fully saturated rings. The SMILES string of the molecule is Cl.O=C(c1ccc2c(c1)OCCO2)N1CCN(C(c2ccccc2)c2ccccc2)CC1. The van der Waals surface area contributed by atoms with Gasteiger partial charge in [0.15, 0.2) is 11.5 Å². The Labute approximate surface area is 195 Å². The fraction of sp³-hybridized carbons (Fsp3) is 0.269. The van der Waals surface area contributed by atoms with Crippen molar-refractivity contribution in [3.8, 4) is 11.5 Å². The normalized spacial score (nSPS) is 15.8. The van der Waals surface area contributed by atoms with Crippen molar-refractivity contribution in [1.82, 2.24) is 9.80 Å². The number of piperazine rings is 1. The van der Waals surface area contributed by atoms with Crippen LogP contribution in [0.25, 0.3) is 0 Å². The molecule has 6 heteroatoms. The van der Waals surface area contributed by atoms with Crippen LogP contribution in [0.15, 0.2) is 78.9 Å². The number of rotatable bonds is 4. The van der Waals surface area contributed by atoms with Crippen LogP contribution in [0.2, 0.25) is 0 Å². The minimum atomic E-state index is 0. The Morgan fingerprint density at radius 2 is 1.28 bits per heavy atom. The third kappa shape index (κ3) is 4.59. The lowest BCUT2D eigenvalue weighted by molar-refractivity contribution is 0.0596. The van der Waals surface area contributed by atoms with Gasteiger partial charge in [0.05, 0.1) is 6.04 Å². The summed E-state index contributed by atoms with van der Waals surface area (Å²) in [5.41, 5.74) is 3.21. The molecule has 5 rings (SSSR count). The Morgan fingerprint density at radius 1 is 0.719 bits per heavy atom. The Balaban J connectivity index is 0.00000245. The quantitative estimate of drug-likeness (QED) is 0.589. The number of hydrogen-bond donors (Lipinski definition) is 0. The molecular formula is C26H27ClN2O3. The lowest BCUT2D eigenvalue weighted by Gasteiger charge is -2.40. The number of ether oxygens (including phenoxy) is 2. The maximum absolute atomic E-state index is 13.1. The molecule has 2 heterocycles. The van der Waals surface area contributed by atoms with E-state index in [1.54, 1.807) is 6.07 Å². The lowest BCUT2D eigenvalue weighted by Crippen LogP contribution is -2.49. The van der Waals surface area contributed by atoms with Crippen molar-refractivity contribution in [3.63, 3.8) is 0 Å². The molecule has 0 N–H and O–H groups in total. The molecule has 0 spiro atoms. The minimum Gasteiger partial charge on any atom is -0.486 e. The average Bonchev–Trinajstić information content (AvgIpc) is 2.85. The molecule has 0 saturated carbocycles. The molecule has 3 aromatic rings. The fourth-order valence-electron chi connectivity index (χ4n) is 4.43. The molecule has 32 heavy (non-hydrogen) atoms. The summed E-state index contributed by atoms with van der Waals surface area (Å²) in [6, 6.07) is 26.9. The summed E-state index contributed by atoms with van der Waals surface area (Å²) >= 11 is 0. The first-order valence-electron chi connectivity index (χ1n) is 10.8. The zero-order valence-corrected chi connectivity index (χ0v) is 18.7. The van der Waals surface area contributed by atoms with E-state index in [1.165, 1.54) is 11.1 Å². The fourth-order valence-corrected chi connectivity index (χ4v) is 4.43. The molecule has 0 bridgehead atoms. The monoisotopic (exact) mass is 450 g/mol. The third-order valence-electron chi connectivity index (χ3n) is 5.99. The lowest BCUT2D eigenvalue weighted by atomic mass is 9.96. The highest BCUT2D eigenvalue weighted by molar-refractivity contribution is 5.95. The van der Waals surface area contributed by atoms with Crippen LogP contribution < -0.4 is 9.47 Å². The summed E-state index contributed by atoms with van der Waals surface area (Å²) in [7, 11) is 0. The minimum absolute atomic E-state index is 0. The van der Waals surface area contributed by atoms with Crippen LogP contribution in [-0.4, -0.2) is 55.1 Å². The highest BCUT2D eigenvalue weighted by Crippen LogP contribution is 2.32. The number of nitrogens with zero attached hydrogens (tertiary/aromatic N) is 2. The van der Waals surface area contributed by atoms with Crippen molar-refractivity contribution >= 4 is 18.3 Å². The second-order valence-electron chi connectivity index (χ2n) is 7.91. The second-order valence-corrected chi connectivity index (χ2v) is 7.91. The van der Waals surface area contributed by atoms with E-state index in [4.69, 9.17) is 9.47 Å². The number of carbonyl (C=O) groups excluding carboxylic acids is 1. The molecular weight excluding hydrogens is 424 g/mol. The molecule has 1 amide bonds. The number of halogens is 1. The molecule has 0 unspecified atom stereocenters. The van der Waals surface area contributed by atoms with Crippen LogP contribution >= 0.6 is 12.4 Å². The van der Waals surface area contributed by atoms with Gasteiger partial charge >= 0.3 is 0 Å². The van der Waals surface area contributed by atoms with E-state index in [9.17, 15) is 4.79 Å². The van der Waals surface area contributed by atoms with Crippen molar-refractivity contribution in [3.05, 3.63) is 95.6 Å². The van der Waals surface area contributed by atoms with Gasteiger partial charge in [-0.15, -0.1) is 12.4 Å². The van der Waals surface area contributed by atoms with Crippen molar-refractivity contribution in [2.24, 2.45) is 0 Å². The van der Waals surface area contributed by atoms with E-state index in [1.807, 2.05) is 17.0 Å². The predicted molar refractivity (Wildman–Crippen MR) is 127 cm³/mol. The summed E-state index contributed by atoms with van der Waals surface area (Å²) in [5.74, 6) is 1.41. The molecule has 166 valence electrons. The molecule has 1 saturated heterocycles. The summed E-state index contributed by atoms with van der Waals surface area (Å²) < 4.78 is 11.2. The molecule has 2 aliphatic heterocycles. The van der Waals surface area contributed by atoms with Gasteiger partial charge in [0, 0.05) is 31.7 Å². The van der Waals surface area contributed by atoms with Crippen molar-refractivity contribution < 1.29 is 14.3 Å². The van der Waals surface area contributed by atoms with Gasteiger partial charge in [-0.1, -0.05) is 60.7 Å². The van der Waals surface area contributed by atoms with Crippen LogP contribution in [0.3, 0.4) is 0 Å². The first-order valence-corrected chi connectivity index (χ1v) is 10.8. The smallest absolute Gasteiger partial charge is 0.254 e. The Kier molecular flexibility index (Phi) is 6.98. The standard InChI is InChI=1S/C26H26N2O3.ClH/c29-26(22-11-12-23-24(19-22)31-18-17-30-23)28-15-13-27(14-16-28)25(20-7-3-1-4-8-20)21-9-5-2-6-10-21;/h1-12,19,25H,13-18H2;1H. The van der Waals surface area contributed by atoms with Crippen LogP contribution in [0.5, 0.6) is 11.5 Å². The predicted octanol–water partition coefficient (Wildman–Crippen LogP) is 4.43. The van der Waals surface area contributed by atoms with Gasteiger partial charge < -0.3 is 14.4 Å². The van der Waals surface area contributed by atoms with E-state index in [0.717, 1.165) is 13.1 Å². The molecule has 2 aliphatic rings. The third-order valence-corrected chi connectivity index (χ3v) is 5.99. The second kappa shape index (κ2) is 10.1. The summed E-state index contributed by atoms with van der Waals surface area (Å²) in [6.07, 6.45) is 0. The van der Waals surface area contributed by atoms with E-state index >= 15 is 0 Å². The zero-order chi connectivity index (χ0) is 21.0. The zero-order valence-electron chi connectivity index (χ0n) is 17.9. The van der Waals surface area contributed by atoms with E-state index in [-0.39, 0.29) is 24.4 Å². The van der Waals surface area contributed by atoms with Crippen LogP contribution in [0, 0.1) is 0 Å². The summed E-state index contributed by atoms with van der Waals surface area (Å²) in [6.45, 7) is 4.11. The summed E-state index contributed by atoms with van der Waals surface area (Å²) in [5, 5.41) is 0. The Hall–Kier alpha value is -3.02. The molecule has 0 radical (unpaired) electrons. The Bertz CT molecular complexity index is 998. The highest BCUT2D eigenvalue weighted by Gasteiger charge is 2.29. The largest absolute Gasteiger partial charge is 0.486 e. The molecule has 0 atom stereocenters. The Morgan fingerprint density at radius 3 is 1.88 bits per heavy atom. The topological polar surface area (TPSA) is 42.0 Å². The molecule has 0 aliphatic carbocycles. The van der Waals surface area contributed by atoms with Gasteiger partial charge in [-0.2, -0.15) is 0 Å². The number of amides is 1. The first kappa shape index (κ1) is 22.2. The number of hydrogen-bond acceptors (Lipinski definition) is 4. The first-order chi connectivity index (χ1) is 15.3. The van der Waals surface area contributed by atoms with Gasteiger partial charge in [0.1, 0.15) is 13.2 Å². The highest BCUT2D eigenvalue weighted by atomic mass is 35.5. The summed E-state index contributed by atoms with van der Waals surface area (Å²) in [4.78, 5) is 17.5. The van der Waals surface area contributed by atoms with E-state index < -0.39 is 0 Å². The number of fused-ring (bicyclic) bond motifs is 1. The van der Waals surface area contributed by atoms with Crippen LogP contribution in [-0.2, 0) is 0 Å². The van der Waals surface area contributed by atoms with Gasteiger partial charge in [-0.05, 0) is 29.3 Å². The average molecular weight is 451 g/mol. The van der Waals surface area contributed by atoms with Gasteiger partial charge in [0.2, 0.25) is 0 Å². The number of carbonyl (C=O) groups is 1. The molecule has 0 aromatic heterocycles. The van der Waals surface area contributed by atoms with Crippen molar-refractivity contribution in [2.45, 2.75) is 6.04 Å². The van der Waals surface area contributed by atoms with Crippen molar-refractivity contribution in [2.75, 3.05) is 39.4 Å². The van der Waals surface area contributed by atoms with E-state index in [2.05, 4.69) is 65.6 Å². The number of benzene rings is 3. The van der Waals surface area contributed by atoms with Crippen LogP contribution in [0.4, 0.5) is 0 Å². The van der Waals surface area contributed by atoms with Gasteiger partial charge in [0.25, 0.3) is 5.91 Å². The molecule has 5 nitrogen and oxygen atoms in total. The van der Waals surface area contributed by atoms with Crippen molar-refractivity contribution in [1.29, 1.82) is 0 Å². The molecule has 3 aromatic carbocycles. The maximum Gasteiger partial charge on any atom is 0.254 e. The van der Waals surface area contributed by atoms with Gasteiger partial charge in [-0.25, -0.2) is 0 Å². The van der Waals surface area contributed by atoms with E-state index in [0.29, 0.717) is 43.4 Å².